The highest BCUT2D eigenvalue weighted by Gasteiger charge is 2.28. The van der Waals surface area contributed by atoms with Crippen molar-refractivity contribution in [1.29, 1.82) is 0 Å². The molecule has 0 radical (unpaired) electrons. The number of halogens is 1. The number of carboxylic acid groups (broad SMARTS) is 1. The lowest BCUT2D eigenvalue weighted by Crippen LogP contribution is -2.25. The molecule has 3 heteroatoms. The van der Waals surface area contributed by atoms with Crippen LogP contribution in [0.3, 0.4) is 0 Å². The minimum absolute atomic E-state index is 0.375. The maximum atomic E-state index is 10.1. The standard InChI is InChI=1S/C6H9IO2/c7-5-1-4(2-5)3-6(8)9/h4-5H,1-3H2,(H,8,9). The lowest BCUT2D eigenvalue weighted by Gasteiger charge is -2.29. The Morgan fingerprint density at radius 3 is 2.56 bits per heavy atom. The zero-order valence-electron chi connectivity index (χ0n) is 5.01. The summed E-state index contributed by atoms with van der Waals surface area (Å²) < 4.78 is 0.743. The number of aliphatic carboxylic acids is 1. The Morgan fingerprint density at radius 2 is 2.22 bits per heavy atom. The molecule has 0 aromatic heterocycles. The maximum Gasteiger partial charge on any atom is 0.303 e. The summed E-state index contributed by atoms with van der Waals surface area (Å²) >= 11 is 2.36. The van der Waals surface area contributed by atoms with Gasteiger partial charge in [-0.3, -0.25) is 4.79 Å². The zero-order valence-corrected chi connectivity index (χ0v) is 7.17. The topological polar surface area (TPSA) is 37.3 Å². The van der Waals surface area contributed by atoms with Crippen LogP contribution in [0.1, 0.15) is 19.3 Å². The largest absolute Gasteiger partial charge is 0.481 e. The lowest BCUT2D eigenvalue weighted by molar-refractivity contribution is -0.138. The van der Waals surface area contributed by atoms with Gasteiger partial charge in [0.2, 0.25) is 0 Å². The summed E-state index contributed by atoms with van der Waals surface area (Å²) in [6, 6.07) is 0. The van der Waals surface area contributed by atoms with Crippen LogP contribution in [-0.4, -0.2) is 15.0 Å². The molecule has 0 heterocycles. The average Bonchev–Trinajstić information content (AvgIpc) is 1.60. The first-order valence-electron chi connectivity index (χ1n) is 3.04. The van der Waals surface area contributed by atoms with Crippen LogP contribution in [0.15, 0.2) is 0 Å². The fourth-order valence-corrected chi connectivity index (χ4v) is 2.51. The van der Waals surface area contributed by atoms with Gasteiger partial charge in [-0.05, 0) is 18.8 Å². The molecule has 1 fully saturated rings. The third-order valence-corrected chi connectivity index (χ3v) is 2.66. The van der Waals surface area contributed by atoms with E-state index in [0.717, 1.165) is 16.8 Å². The van der Waals surface area contributed by atoms with Crippen LogP contribution in [0.4, 0.5) is 0 Å². The molecule has 0 saturated heterocycles. The van der Waals surface area contributed by atoms with E-state index in [1.165, 1.54) is 0 Å². The van der Waals surface area contributed by atoms with Crippen LogP contribution < -0.4 is 0 Å². The van der Waals surface area contributed by atoms with Crippen molar-refractivity contribution in [1.82, 2.24) is 0 Å². The van der Waals surface area contributed by atoms with E-state index in [4.69, 9.17) is 5.11 Å². The summed E-state index contributed by atoms with van der Waals surface area (Å²) in [4.78, 5) is 10.1. The van der Waals surface area contributed by atoms with Crippen molar-refractivity contribution < 1.29 is 9.90 Å². The number of hydrogen-bond donors (Lipinski definition) is 1. The maximum absolute atomic E-state index is 10.1. The summed E-state index contributed by atoms with van der Waals surface area (Å²) in [7, 11) is 0. The van der Waals surface area contributed by atoms with E-state index >= 15 is 0 Å². The van der Waals surface area contributed by atoms with Gasteiger partial charge in [0, 0.05) is 10.3 Å². The second kappa shape index (κ2) is 2.86. The molecule has 1 saturated carbocycles. The highest BCUT2D eigenvalue weighted by atomic mass is 127. The highest BCUT2D eigenvalue weighted by molar-refractivity contribution is 14.1. The van der Waals surface area contributed by atoms with E-state index in [-0.39, 0.29) is 0 Å². The minimum Gasteiger partial charge on any atom is -0.481 e. The first-order valence-corrected chi connectivity index (χ1v) is 4.29. The highest BCUT2D eigenvalue weighted by Crippen LogP contribution is 2.35. The molecule has 1 aliphatic rings. The Hall–Kier alpha value is 0.200. The van der Waals surface area contributed by atoms with Gasteiger partial charge in [-0.1, -0.05) is 22.6 Å². The molecule has 0 aromatic rings. The van der Waals surface area contributed by atoms with Gasteiger partial charge in [-0.2, -0.15) is 0 Å². The van der Waals surface area contributed by atoms with Gasteiger partial charge < -0.3 is 5.11 Å². The Labute approximate surface area is 67.8 Å². The van der Waals surface area contributed by atoms with Crippen molar-refractivity contribution in [3.05, 3.63) is 0 Å². The van der Waals surface area contributed by atoms with Gasteiger partial charge >= 0.3 is 5.97 Å². The van der Waals surface area contributed by atoms with Gasteiger partial charge in [0.05, 0.1) is 0 Å². The van der Waals surface area contributed by atoms with E-state index in [1.807, 2.05) is 0 Å². The number of carbonyl (C=O) groups is 1. The molecule has 1 rings (SSSR count). The normalized spacial score (nSPS) is 33.4. The van der Waals surface area contributed by atoms with Crippen molar-refractivity contribution >= 4 is 28.6 Å². The Morgan fingerprint density at radius 1 is 1.67 bits per heavy atom. The molecule has 1 N–H and O–H groups in total. The molecule has 0 amide bonds. The molecule has 2 nitrogen and oxygen atoms in total. The van der Waals surface area contributed by atoms with Crippen LogP contribution in [0.5, 0.6) is 0 Å². The van der Waals surface area contributed by atoms with Crippen molar-refractivity contribution in [2.75, 3.05) is 0 Å². The van der Waals surface area contributed by atoms with Crippen LogP contribution in [-0.2, 0) is 4.79 Å². The van der Waals surface area contributed by atoms with Crippen LogP contribution in [0.25, 0.3) is 0 Å². The molecule has 0 bridgehead atoms. The van der Waals surface area contributed by atoms with Crippen molar-refractivity contribution in [2.24, 2.45) is 5.92 Å². The predicted octanol–water partition coefficient (Wildman–Crippen LogP) is 1.67. The number of carboxylic acids is 1. The average molecular weight is 240 g/mol. The van der Waals surface area contributed by atoms with E-state index in [0.29, 0.717) is 12.3 Å². The fourth-order valence-electron chi connectivity index (χ4n) is 1.07. The number of alkyl halides is 1. The van der Waals surface area contributed by atoms with Gasteiger partial charge in [-0.15, -0.1) is 0 Å². The van der Waals surface area contributed by atoms with Gasteiger partial charge in [0.15, 0.2) is 0 Å². The molecular formula is C6H9IO2. The smallest absolute Gasteiger partial charge is 0.303 e. The van der Waals surface area contributed by atoms with Gasteiger partial charge in [0.25, 0.3) is 0 Å². The van der Waals surface area contributed by atoms with Crippen LogP contribution in [0.2, 0.25) is 0 Å². The Balaban J connectivity index is 2.11. The lowest BCUT2D eigenvalue weighted by atomic mass is 9.83. The molecule has 1 aliphatic carbocycles. The molecule has 0 aliphatic heterocycles. The van der Waals surface area contributed by atoms with E-state index < -0.39 is 5.97 Å². The molecule has 0 spiro atoms. The molecule has 0 aromatic carbocycles. The van der Waals surface area contributed by atoms with Gasteiger partial charge in [-0.25, -0.2) is 0 Å². The van der Waals surface area contributed by atoms with Crippen molar-refractivity contribution in [2.45, 2.75) is 23.2 Å². The summed E-state index contributed by atoms with van der Waals surface area (Å²) in [5.74, 6) is -0.173. The summed E-state index contributed by atoms with van der Waals surface area (Å²) in [5.41, 5.74) is 0. The fraction of sp³-hybridized carbons (Fsp3) is 0.833. The van der Waals surface area contributed by atoms with Gasteiger partial charge in [0.1, 0.15) is 0 Å². The first-order chi connectivity index (χ1) is 4.18. The Kier molecular flexibility index (Phi) is 2.32. The zero-order chi connectivity index (χ0) is 6.85. The van der Waals surface area contributed by atoms with Crippen LogP contribution >= 0.6 is 22.6 Å². The minimum atomic E-state index is -0.650. The molecule has 9 heavy (non-hydrogen) atoms. The monoisotopic (exact) mass is 240 g/mol. The molecule has 0 atom stereocenters. The third kappa shape index (κ3) is 2.12. The van der Waals surface area contributed by atoms with Crippen molar-refractivity contribution in [3.8, 4) is 0 Å². The predicted molar refractivity (Wildman–Crippen MR) is 42.8 cm³/mol. The van der Waals surface area contributed by atoms with E-state index in [9.17, 15) is 4.79 Å². The SMILES string of the molecule is O=C(O)CC1CC(I)C1. The van der Waals surface area contributed by atoms with Crippen molar-refractivity contribution in [3.63, 3.8) is 0 Å². The van der Waals surface area contributed by atoms with Crippen LogP contribution in [0, 0.1) is 5.92 Å². The third-order valence-electron chi connectivity index (χ3n) is 1.64. The summed E-state index contributed by atoms with van der Waals surface area (Å²) in [6.07, 6.45) is 2.58. The summed E-state index contributed by atoms with van der Waals surface area (Å²) in [6.45, 7) is 0. The first kappa shape index (κ1) is 7.31. The Bertz CT molecular complexity index is 118. The summed E-state index contributed by atoms with van der Waals surface area (Å²) in [5, 5.41) is 8.33. The second-order valence-corrected chi connectivity index (χ2v) is 4.29. The molecular weight excluding hydrogens is 231 g/mol. The van der Waals surface area contributed by atoms with E-state index in [2.05, 4.69) is 22.6 Å². The van der Waals surface area contributed by atoms with E-state index in [1.54, 1.807) is 0 Å². The number of rotatable bonds is 2. The quantitative estimate of drug-likeness (QED) is 0.588. The molecule has 0 unspecified atom stereocenters. The second-order valence-electron chi connectivity index (χ2n) is 2.53. The number of hydrogen-bond acceptors (Lipinski definition) is 1. The molecule has 52 valence electrons.